The molecule has 0 spiro atoms. The maximum absolute atomic E-state index is 6.18. The molecule has 0 aliphatic rings. The first-order chi connectivity index (χ1) is 12.1. The minimum Gasteiger partial charge on any atom is -0.358 e. The Bertz CT molecular complexity index is 862. The summed E-state index contributed by atoms with van der Waals surface area (Å²) >= 11 is 17.4. The monoisotopic (exact) mass is 390 g/mol. The average Bonchev–Trinajstić information content (AvgIpc) is 3.03. The Morgan fingerprint density at radius 1 is 1.08 bits per heavy atom. The van der Waals surface area contributed by atoms with Gasteiger partial charge in [-0.05, 0) is 41.5 Å². The predicted molar refractivity (Wildman–Crippen MR) is 107 cm³/mol. The SMILES string of the molecule is S=C(NCc1ccc(Cl)cc1)Nc1cnn(Cc2ccccc2Cl)c1. The van der Waals surface area contributed by atoms with Crippen molar-refractivity contribution < 1.29 is 0 Å². The summed E-state index contributed by atoms with van der Waals surface area (Å²) in [6.07, 6.45) is 3.62. The lowest BCUT2D eigenvalue weighted by molar-refractivity contribution is 0.687. The van der Waals surface area contributed by atoms with Crippen LogP contribution in [0.5, 0.6) is 0 Å². The van der Waals surface area contributed by atoms with Crippen molar-refractivity contribution in [2.75, 3.05) is 5.32 Å². The van der Waals surface area contributed by atoms with Gasteiger partial charge >= 0.3 is 0 Å². The summed E-state index contributed by atoms with van der Waals surface area (Å²) < 4.78 is 1.81. The van der Waals surface area contributed by atoms with E-state index in [9.17, 15) is 0 Å². The summed E-state index contributed by atoms with van der Waals surface area (Å²) in [7, 11) is 0. The molecule has 0 atom stereocenters. The maximum atomic E-state index is 6.18. The van der Waals surface area contributed by atoms with Crippen molar-refractivity contribution in [3.63, 3.8) is 0 Å². The van der Waals surface area contributed by atoms with Crippen molar-refractivity contribution in [3.05, 3.63) is 82.1 Å². The Balaban J connectivity index is 1.53. The summed E-state index contributed by atoms with van der Waals surface area (Å²) in [5, 5.41) is 12.6. The maximum Gasteiger partial charge on any atom is 0.171 e. The first-order valence-corrected chi connectivity index (χ1v) is 8.82. The number of rotatable bonds is 5. The average molecular weight is 391 g/mol. The van der Waals surface area contributed by atoms with E-state index in [0.29, 0.717) is 18.2 Å². The Morgan fingerprint density at radius 2 is 1.84 bits per heavy atom. The van der Waals surface area contributed by atoms with Gasteiger partial charge in [0.05, 0.1) is 18.4 Å². The first kappa shape index (κ1) is 17.7. The quantitative estimate of drug-likeness (QED) is 0.618. The van der Waals surface area contributed by atoms with Crippen LogP contribution in [0.3, 0.4) is 0 Å². The molecule has 0 fully saturated rings. The molecule has 0 unspecified atom stereocenters. The molecule has 3 rings (SSSR count). The number of benzene rings is 2. The van der Waals surface area contributed by atoms with Crippen LogP contribution in [0.2, 0.25) is 10.0 Å². The van der Waals surface area contributed by atoms with Crippen molar-refractivity contribution in [1.82, 2.24) is 15.1 Å². The number of hydrogen-bond donors (Lipinski definition) is 2. The smallest absolute Gasteiger partial charge is 0.171 e. The van der Waals surface area contributed by atoms with Crippen LogP contribution in [0.4, 0.5) is 5.69 Å². The molecule has 128 valence electrons. The van der Waals surface area contributed by atoms with Crippen molar-refractivity contribution >= 4 is 46.2 Å². The van der Waals surface area contributed by atoms with E-state index in [1.165, 1.54) is 0 Å². The van der Waals surface area contributed by atoms with Crippen LogP contribution in [0.1, 0.15) is 11.1 Å². The summed E-state index contributed by atoms with van der Waals surface area (Å²) in [5.41, 5.74) is 2.94. The summed E-state index contributed by atoms with van der Waals surface area (Å²) in [4.78, 5) is 0. The molecule has 0 aliphatic heterocycles. The number of hydrogen-bond acceptors (Lipinski definition) is 2. The van der Waals surface area contributed by atoms with Crippen molar-refractivity contribution in [2.45, 2.75) is 13.1 Å². The first-order valence-electron chi connectivity index (χ1n) is 7.65. The van der Waals surface area contributed by atoms with Gasteiger partial charge in [-0.25, -0.2) is 0 Å². The van der Waals surface area contributed by atoms with E-state index in [2.05, 4.69) is 15.7 Å². The van der Waals surface area contributed by atoms with Gasteiger partial charge in [0.2, 0.25) is 0 Å². The minimum absolute atomic E-state index is 0.534. The molecular weight excluding hydrogens is 375 g/mol. The zero-order chi connectivity index (χ0) is 17.6. The number of anilines is 1. The number of thiocarbonyl (C=S) groups is 1. The second kappa shape index (κ2) is 8.34. The van der Waals surface area contributed by atoms with Gasteiger partial charge in [0.25, 0.3) is 0 Å². The molecule has 25 heavy (non-hydrogen) atoms. The highest BCUT2D eigenvalue weighted by atomic mass is 35.5. The fourth-order valence-electron chi connectivity index (χ4n) is 2.28. The molecule has 0 saturated carbocycles. The third-order valence-corrected chi connectivity index (χ3v) is 4.41. The van der Waals surface area contributed by atoms with Crippen LogP contribution in [0.25, 0.3) is 0 Å². The zero-order valence-corrected chi connectivity index (χ0v) is 15.6. The van der Waals surface area contributed by atoms with Gasteiger partial charge in [0, 0.05) is 22.8 Å². The van der Waals surface area contributed by atoms with E-state index in [-0.39, 0.29) is 0 Å². The lowest BCUT2D eigenvalue weighted by Crippen LogP contribution is -2.27. The van der Waals surface area contributed by atoms with Crippen LogP contribution in [0, 0.1) is 0 Å². The predicted octanol–water partition coefficient (Wildman–Crippen LogP) is 4.72. The lowest BCUT2D eigenvalue weighted by atomic mass is 10.2. The van der Waals surface area contributed by atoms with E-state index in [4.69, 9.17) is 35.4 Å². The fraction of sp³-hybridized carbons (Fsp3) is 0.111. The molecule has 1 heterocycles. The standard InChI is InChI=1S/C18H16Cl2N4S/c19-15-7-5-13(6-8-15)9-21-18(25)23-16-10-22-24(12-16)11-14-3-1-2-4-17(14)20/h1-8,10,12H,9,11H2,(H2,21,23,25). The number of aromatic nitrogens is 2. The Hall–Kier alpha value is -2.08. The molecule has 0 aliphatic carbocycles. The summed E-state index contributed by atoms with van der Waals surface area (Å²) in [6, 6.07) is 15.3. The van der Waals surface area contributed by atoms with Crippen molar-refractivity contribution in [1.29, 1.82) is 0 Å². The highest BCUT2D eigenvalue weighted by Crippen LogP contribution is 2.17. The Kier molecular flexibility index (Phi) is 5.91. The highest BCUT2D eigenvalue weighted by molar-refractivity contribution is 7.80. The van der Waals surface area contributed by atoms with E-state index in [1.807, 2.05) is 59.4 Å². The molecular formula is C18H16Cl2N4S. The highest BCUT2D eigenvalue weighted by Gasteiger charge is 2.04. The normalized spacial score (nSPS) is 10.5. The Labute approximate surface area is 161 Å². The molecule has 0 radical (unpaired) electrons. The number of nitrogens with zero attached hydrogens (tertiary/aromatic N) is 2. The second-order valence-corrected chi connectivity index (χ2v) is 6.70. The van der Waals surface area contributed by atoms with E-state index < -0.39 is 0 Å². The van der Waals surface area contributed by atoms with Crippen LogP contribution in [-0.4, -0.2) is 14.9 Å². The topological polar surface area (TPSA) is 41.9 Å². The molecule has 0 saturated heterocycles. The summed E-state index contributed by atoms with van der Waals surface area (Å²) in [5.74, 6) is 0. The van der Waals surface area contributed by atoms with Crippen molar-refractivity contribution in [2.24, 2.45) is 0 Å². The minimum atomic E-state index is 0.534. The van der Waals surface area contributed by atoms with Gasteiger partial charge in [0.15, 0.2) is 5.11 Å². The number of halogens is 2. The van der Waals surface area contributed by atoms with Gasteiger partial charge in [-0.2, -0.15) is 5.10 Å². The van der Waals surface area contributed by atoms with Gasteiger partial charge in [-0.15, -0.1) is 0 Å². The van der Waals surface area contributed by atoms with E-state index in [1.54, 1.807) is 6.20 Å². The molecule has 7 heteroatoms. The second-order valence-electron chi connectivity index (χ2n) is 5.45. The van der Waals surface area contributed by atoms with Gasteiger partial charge in [-0.1, -0.05) is 53.5 Å². The zero-order valence-electron chi connectivity index (χ0n) is 13.2. The van der Waals surface area contributed by atoms with Gasteiger partial charge < -0.3 is 10.6 Å². The third-order valence-electron chi connectivity index (χ3n) is 3.55. The molecule has 0 amide bonds. The Morgan fingerprint density at radius 3 is 2.60 bits per heavy atom. The van der Waals surface area contributed by atoms with Crippen LogP contribution >= 0.6 is 35.4 Å². The lowest BCUT2D eigenvalue weighted by Gasteiger charge is -2.09. The molecule has 3 aromatic rings. The number of nitrogens with one attached hydrogen (secondary N) is 2. The van der Waals surface area contributed by atoms with Gasteiger partial charge in [0.1, 0.15) is 0 Å². The van der Waals surface area contributed by atoms with Crippen molar-refractivity contribution in [3.8, 4) is 0 Å². The molecule has 0 bridgehead atoms. The molecule has 4 nitrogen and oxygen atoms in total. The largest absolute Gasteiger partial charge is 0.358 e. The molecule has 2 aromatic carbocycles. The van der Waals surface area contributed by atoms with E-state index >= 15 is 0 Å². The summed E-state index contributed by atoms with van der Waals surface area (Å²) in [6.45, 7) is 1.23. The fourth-order valence-corrected chi connectivity index (χ4v) is 2.79. The molecule has 2 N–H and O–H groups in total. The van der Waals surface area contributed by atoms with Gasteiger partial charge in [-0.3, -0.25) is 4.68 Å². The van der Waals surface area contributed by atoms with Crippen LogP contribution in [0.15, 0.2) is 60.9 Å². The van der Waals surface area contributed by atoms with Crippen LogP contribution in [-0.2, 0) is 13.1 Å². The van der Waals surface area contributed by atoms with E-state index in [0.717, 1.165) is 26.9 Å². The third kappa shape index (κ3) is 5.19. The van der Waals surface area contributed by atoms with Crippen LogP contribution < -0.4 is 10.6 Å². The molecule has 1 aromatic heterocycles.